The van der Waals surface area contributed by atoms with E-state index in [2.05, 4.69) is 45.1 Å². The summed E-state index contributed by atoms with van der Waals surface area (Å²) in [6, 6.07) is 0. The summed E-state index contributed by atoms with van der Waals surface area (Å²) >= 11 is 0. The fourth-order valence-corrected chi connectivity index (χ4v) is 11.4. The molecule has 0 aliphatic rings. The van der Waals surface area contributed by atoms with Crippen LogP contribution in [0.5, 0.6) is 0 Å². The van der Waals surface area contributed by atoms with Crippen molar-refractivity contribution in [3.05, 3.63) is 24.3 Å². The molecule has 81 heavy (non-hydrogen) atoms. The minimum atomic E-state index is -0.765. The first-order valence-corrected chi connectivity index (χ1v) is 36.8. The van der Waals surface area contributed by atoms with E-state index in [1.165, 1.54) is 315 Å². The molecule has 0 bridgehead atoms. The lowest BCUT2D eigenvalue weighted by atomic mass is 10.0. The van der Waals surface area contributed by atoms with Gasteiger partial charge in [-0.25, -0.2) is 0 Å². The molecule has 0 saturated heterocycles. The second-order valence-electron chi connectivity index (χ2n) is 25.2. The Balaban J connectivity index is 4.02. The summed E-state index contributed by atoms with van der Waals surface area (Å²) in [6.45, 7) is 6.69. The van der Waals surface area contributed by atoms with Gasteiger partial charge in [0.25, 0.3) is 0 Å². The van der Waals surface area contributed by atoms with Gasteiger partial charge >= 0.3 is 17.9 Å². The van der Waals surface area contributed by atoms with Gasteiger partial charge in [-0.1, -0.05) is 373 Å². The first-order valence-electron chi connectivity index (χ1n) is 36.8. The molecule has 0 spiro atoms. The van der Waals surface area contributed by atoms with Gasteiger partial charge in [-0.15, -0.1) is 0 Å². The van der Waals surface area contributed by atoms with Gasteiger partial charge in [-0.05, 0) is 51.4 Å². The Morgan fingerprint density at radius 1 is 0.247 bits per heavy atom. The number of esters is 3. The minimum absolute atomic E-state index is 0.0631. The molecule has 1 atom stereocenters. The van der Waals surface area contributed by atoms with Crippen molar-refractivity contribution < 1.29 is 28.6 Å². The average Bonchev–Trinajstić information content (AvgIpc) is 3.47. The van der Waals surface area contributed by atoms with Crippen molar-refractivity contribution in [3.8, 4) is 0 Å². The van der Waals surface area contributed by atoms with E-state index in [0.717, 1.165) is 64.2 Å². The minimum Gasteiger partial charge on any atom is -0.462 e. The van der Waals surface area contributed by atoms with Crippen molar-refractivity contribution in [1.29, 1.82) is 0 Å². The van der Waals surface area contributed by atoms with E-state index in [1.807, 2.05) is 0 Å². The zero-order chi connectivity index (χ0) is 58.5. The van der Waals surface area contributed by atoms with Crippen LogP contribution in [0.25, 0.3) is 0 Å². The molecule has 0 saturated carbocycles. The molecular formula is C75H142O6. The summed E-state index contributed by atoms with van der Waals surface area (Å²) in [7, 11) is 0. The van der Waals surface area contributed by atoms with Gasteiger partial charge in [0, 0.05) is 19.3 Å². The van der Waals surface area contributed by atoms with Crippen molar-refractivity contribution in [2.24, 2.45) is 0 Å². The smallest absolute Gasteiger partial charge is 0.306 e. The first kappa shape index (κ1) is 78.9. The van der Waals surface area contributed by atoms with Gasteiger partial charge in [-0.3, -0.25) is 14.4 Å². The highest BCUT2D eigenvalue weighted by molar-refractivity contribution is 5.71. The van der Waals surface area contributed by atoms with Gasteiger partial charge in [0.1, 0.15) is 13.2 Å². The Kier molecular flexibility index (Phi) is 68.5. The number of unbranched alkanes of at least 4 members (excludes halogenated alkanes) is 54. The summed E-state index contributed by atoms with van der Waals surface area (Å²) in [5.74, 6) is -0.832. The molecule has 0 rings (SSSR count). The van der Waals surface area contributed by atoms with Crippen LogP contribution < -0.4 is 0 Å². The summed E-state index contributed by atoms with van der Waals surface area (Å²) in [5, 5.41) is 0. The van der Waals surface area contributed by atoms with Crippen LogP contribution in [-0.4, -0.2) is 37.2 Å². The predicted molar refractivity (Wildman–Crippen MR) is 353 cm³/mol. The molecular weight excluding hydrogens is 997 g/mol. The molecule has 0 aromatic carbocycles. The molecule has 0 aliphatic carbocycles. The Morgan fingerprint density at radius 2 is 0.444 bits per heavy atom. The third-order valence-corrected chi connectivity index (χ3v) is 17.0. The second kappa shape index (κ2) is 70.4. The summed E-state index contributed by atoms with van der Waals surface area (Å²) in [4.78, 5) is 38.3. The van der Waals surface area contributed by atoms with Crippen LogP contribution in [0.2, 0.25) is 0 Å². The van der Waals surface area contributed by atoms with E-state index in [1.54, 1.807) is 0 Å². The quantitative estimate of drug-likeness (QED) is 0.0261. The Hall–Kier alpha value is -2.11. The van der Waals surface area contributed by atoms with Crippen molar-refractivity contribution in [1.82, 2.24) is 0 Å². The molecule has 0 N–H and O–H groups in total. The highest BCUT2D eigenvalue weighted by atomic mass is 16.6. The van der Waals surface area contributed by atoms with Gasteiger partial charge in [-0.2, -0.15) is 0 Å². The Bertz CT molecular complexity index is 1310. The van der Waals surface area contributed by atoms with Crippen molar-refractivity contribution in [3.63, 3.8) is 0 Å². The lowest BCUT2D eigenvalue weighted by molar-refractivity contribution is -0.167. The molecule has 478 valence electrons. The molecule has 0 radical (unpaired) electrons. The monoisotopic (exact) mass is 1140 g/mol. The summed E-state index contributed by atoms with van der Waals surface area (Å²) in [5.41, 5.74) is 0. The van der Waals surface area contributed by atoms with Gasteiger partial charge in [0.2, 0.25) is 0 Å². The molecule has 0 heterocycles. The third kappa shape index (κ3) is 68.6. The maximum Gasteiger partial charge on any atom is 0.306 e. The van der Waals surface area contributed by atoms with E-state index in [9.17, 15) is 14.4 Å². The van der Waals surface area contributed by atoms with Gasteiger partial charge < -0.3 is 14.2 Å². The van der Waals surface area contributed by atoms with E-state index < -0.39 is 6.10 Å². The van der Waals surface area contributed by atoms with Gasteiger partial charge in [0.05, 0.1) is 0 Å². The van der Waals surface area contributed by atoms with Crippen LogP contribution in [0, 0.1) is 0 Å². The molecule has 0 fully saturated rings. The van der Waals surface area contributed by atoms with E-state index in [4.69, 9.17) is 14.2 Å². The molecule has 0 aromatic rings. The van der Waals surface area contributed by atoms with Crippen LogP contribution in [-0.2, 0) is 28.6 Å². The normalized spacial score (nSPS) is 12.1. The van der Waals surface area contributed by atoms with E-state index in [0.29, 0.717) is 19.3 Å². The van der Waals surface area contributed by atoms with Crippen molar-refractivity contribution in [2.75, 3.05) is 13.2 Å². The standard InChI is InChI=1S/C75H142O6/c1-4-7-10-13-16-19-21-23-25-27-29-31-32-33-34-35-36-37-38-39-40-41-42-44-45-47-49-51-53-56-59-62-65-68-74(77)80-71-72(70-79-73(76)67-64-61-58-55-18-15-12-9-6-3)81-75(78)69-66-63-60-57-54-52-50-48-46-43-30-28-26-24-22-20-17-14-11-8-5-2/h21,23,27,29,72H,4-20,22,24-26,28,30-71H2,1-3H3/b23-21-,29-27-. The maximum absolute atomic E-state index is 12.9. The van der Waals surface area contributed by atoms with Crippen LogP contribution in [0.1, 0.15) is 419 Å². The van der Waals surface area contributed by atoms with E-state index in [-0.39, 0.29) is 31.1 Å². The first-order chi connectivity index (χ1) is 40.0. The predicted octanol–water partition coefficient (Wildman–Crippen LogP) is 25.3. The molecule has 0 amide bonds. The number of ether oxygens (including phenoxy) is 3. The van der Waals surface area contributed by atoms with Gasteiger partial charge in [0.15, 0.2) is 6.10 Å². The zero-order valence-corrected chi connectivity index (χ0v) is 55.1. The van der Waals surface area contributed by atoms with Crippen LogP contribution in [0.4, 0.5) is 0 Å². The molecule has 6 nitrogen and oxygen atoms in total. The van der Waals surface area contributed by atoms with Crippen LogP contribution in [0.3, 0.4) is 0 Å². The maximum atomic E-state index is 12.9. The number of allylic oxidation sites excluding steroid dienone is 4. The Morgan fingerprint density at radius 3 is 0.679 bits per heavy atom. The highest BCUT2D eigenvalue weighted by Gasteiger charge is 2.20. The second-order valence-corrected chi connectivity index (χ2v) is 25.2. The van der Waals surface area contributed by atoms with Crippen LogP contribution in [0.15, 0.2) is 24.3 Å². The number of carbonyl (C=O) groups is 3. The third-order valence-electron chi connectivity index (χ3n) is 17.0. The average molecular weight is 1140 g/mol. The molecule has 6 heteroatoms. The fraction of sp³-hybridized carbons (Fsp3) is 0.907. The fourth-order valence-electron chi connectivity index (χ4n) is 11.4. The lowest BCUT2D eigenvalue weighted by Gasteiger charge is -2.18. The summed E-state index contributed by atoms with van der Waals surface area (Å²) < 4.78 is 17.0. The molecule has 1 unspecified atom stereocenters. The summed E-state index contributed by atoms with van der Waals surface area (Å²) in [6.07, 6.45) is 86.7. The van der Waals surface area contributed by atoms with Crippen molar-refractivity contribution in [2.45, 2.75) is 425 Å². The SMILES string of the molecule is CCCCCCC/C=C\C/C=C\CCCCCCCCCCCCCCCCCCCCCCCC(=O)OCC(COC(=O)CCCCCCCCCCC)OC(=O)CCCCCCCCCCCCCCCCCCCCCCC. The van der Waals surface area contributed by atoms with Crippen molar-refractivity contribution >= 4 is 17.9 Å². The number of hydrogen-bond acceptors (Lipinski definition) is 6. The Labute approximate surface area is 506 Å². The topological polar surface area (TPSA) is 78.9 Å². The molecule has 0 aromatic heterocycles. The van der Waals surface area contributed by atoms with E-state index >= 15 is 0 Å². The molecule has 0 aliphatic heterocycles. The highest BCUT2D eigenvalue weighted by Crippen LogP contribution is 2.19. The number of carbonyl (C=O) groups excluding carboxylic acids is 3. The zero-order valence-electron chi connectivity index (χ0n) is 55.1. The number of rotatable bonds is 69. The number of hydrogen-bond donors (Lipinski definition) is 0. The lowest BCUT2D eigenvalue weighted by Crippen LogP contribution is -2.30. The van der Waals surface area contributed by atoms with Crippen LogP contribution >= 0.6 is 0 Å². The largest absolute Gasteiger partial charge is 0.462 e.